The van der Waals surface area contributed by atoms with Crippen molar-refractivity contribution in [2.24, 2.45) is 5.73 Å². The van der Waals surface area contributed by atoms with Gasteiger partial charge >= 0.3 is 0 Å². The van der Waals surface area contributed by atoms with Gasteiger partial charge in [0, 0.05) is 18.8 Å². The number of nitrogens with zero attached hydrogens (tertiary/aromatic N) is 1. The summed E-state index contributed by atoms with van der Waals surface area (Å²) in [6, 6.07) is 5.47. The molecule has 17 heavy (non-hydrogen) atoms. The molecule has 0 atom stereocenters. The van der Waals surface area contributed by atoms with Crippen LogP contribution in [0.3, 0.4) is 0 Å². The van der Waals surface area contributed by atoms with Crippen LogP contribution in [-0.4, -0.2) is 30.5 Å². The highest BCUT2D eigenvalue weighted by molar-refractivity contribution is 7.99. The van der Waals surface area contributed by atoms with E-state index in [2.05, 4.69) is 4.90 Å². The molecule has 5 heteroatoms. The van der Waals surface area contributed by atoms with E-state index in [-0.39, 0.29) is 0 Å². The minimum Gasteiger partial charge on any atom is -0.396 e. The van der Waals surface area contributed by atoms with E-state index < -0.39 is 5.91 Å². The summed E-state index contributed by atoms with van der Waals surface area (Å²) in [7, 11) is 0. The van der Waals surface area contributed by atoms with E-state index in [0.717, 1.165) is 31.0 Å². The number of carbonyl (C=O) groups is 1. The lowest BCUT2D eigenvalue weighted by molar-refractivity contribution is 0.100. The van der Waals surface area contributed by atoms with Gasteiger partial charge in [-0.2, -0.15) is 11.8 Å². The zero-order chi connectivity index (χ0) is 12.3. The van der Waals surface area contributed by atoms with Gasteiger partial charge in [-0.1, -0.05) is 6.07 Å². The van der Waals surface area contributed by atoms with Crippen LogP contribution in [-0.2, 0) is 0 Å². The molecule has 1 heterocycles. The standard InChI is InChI=1S/C12H17N3OS/c13-11-9(12(14)16)3-1-4-10(11)15-5-2-7-17-8-6-15/h1,3-4H,2,5-8,13H2,(H2,14,16). The molecule has 1 aliphatic heterocycles. The van der Waals surface area contributed by atoms with E-state index >= 15 is 0 Å². The van der Waals surface area contributed by atoms with Crippen LogP contribution in [0.15, 0.2) is 18.2 Å². The number of nitrogens with two attached hydrogens (primary N) is 2. The lowest BCUT2D eigenvalue weighted by atomic mass is 10.1. The Hall–Kier alpha value is -1.36. The number of rotatable bonds is 2. The number of nitrogen functional groups attached to an aromatic ring is 1. The van der Waals surface area contributed by atoms with Crippen molar-refractivity contribution in [3.05, 3.63) is 23.8 Å². The molecule has 0 radical (unpaired) electrons. The highest BCUT2D eigenvalue weighted by atomic mass is 32.2. The van der Waals surface area contributed by atoms with Crippen molar-refractivity contribution in [1.82, 2.24) is 0 Å². The highest BCUT2D eigenvalue weighted by Crippen LogP contribution is 2.28. The quantitative estimate of drug-likeness (QED) is 0.777. The predicted octanol–water partition coefficient (Wildman–Crippen LogP) is 1.31. The van der Waals surface area contributed by atoms with Gasteiger partial charge in [0.25, 0.3) is 5.91 Å². The maximum absolute atomic E-state index is 11.2. The summed E-state index contributed by atoms with van der Waals surface area (Å²) in [6.45, 7) is 1.95. The first-order valence-electron chi connectivity index (χ1n) is 5.71. The van der Waals surface area contributed by atoms with Crippen LogP contribution < -0.4 is 16.4 Å². The predicted molar refractivity (Wildman–Crippen MR) is 73.5 cm³/mol. The summed E-state index contributed by atoms with van der Waals surface area (Å²) in [5.41, 5.74) is 13.2. The van der Waals surface area contributed by atoms with Crippen LogP contribution in [0.2, 0.25) is 0 Å². The molecule has 0 saturated carbocycles. The third kappa shape index (κ3) is 2.66. The molecule has 0 bridgehead atoms. The molecule has 2 rings (SSSR count). The van der Waals surface area contributed by atoms with Gasteiger partial charge in [0.1, 0.15) is 0 Å². The van der Waals surface area contributed by atoms with E-state index in [1.54, 1.807) is 6.07 Å². The molecule has 92 valence electrons. The lowest BCUT2D eigenvalue weighted by Crippen LogP contribution is -2.27. The molecule has 0 unspecified atom stereocenters. The fraction of sp³-hybridized carbons (Fsp3) is 0.417. The Labute approximate surface area is 105 Å². The molecule has 1 aromatic carbocycles. The summed E-state index contributed by atoms with van der Waals surface area (Å²) in [5.74, 6) is 1.82. The molecular formula is C12H17N3OS. The average molecular weight is 251 g/mol. The molecule has 0 spiro atoms. The minimum absolute atomic E-state index is 0.416. The molecule has 1 saturated heterocycles. The Balaban J connectivity index is 2.30. The number of benzene rings is 1. The second-order valence-corrected chi connectivity index (χ2v) is 5.28. The molecule has 1 aliphatic rings. The van der Waals surface area contributed by atoms with Crippen LogP contribution in [0, 0.1) is 0 Å². The molecule has 4 nitrogen and oxygen atoms in total. The lowest BCUT2D eigenvalue weighted by Gasteiger charge is -2.24. The van der Waals surface area contributed by atoms with Crippen molar-refractivity contribution < 1.29 is 4.79 Å². The van der Waals surface area contributed by atoms with Gasteiger partial charge in [-0.05, 0) is 24.3 Å². The fourth-order valence-electron chi connectivity index (χ4n) is 2.03. The molecular weight excluding hydrogens is 234 g/mol. The van der Waals surface area contributed by atoms with E-state index in [9.17, 15) is 4.79 Å². The molecule has 1 aromatic rings. The van der Waals surface area contributed by atoms with Crippen molar-refractivity contribution in [2.75, 3.05) is 35.2 Å². The van der Waals surface area contributed by atoms with Gasteiger partial charge in [0.15, 0.2) is 0 Å². The van der Waals surface area contributed by atoms with E-state index in [1.165, 1.54) is 5.75 Å². The van der Waals surface area contributed by atoms with Gasteiger partial charge in [-0.25, -0.2) is 0 Å². The molecule has 4 N–H and O–H groups in total. The Morgan fingerprint density at radius 2 is 2.12 bits per heavy atom. The number of primary amides is 1. The molecule has 0 aromatic heterocycles. The topological polar surface area (TPSA) is 72.4 Å². The van der Waals surface area contributed by atoms with E-state index in [4.69, 9.17) is 11.5 Å². The first kappa shape index (κ1) is 12.1. The van der Waals surface area contributed by atoms with Crippen LogP contribution in [0.1, 0.15) is 16.8 Å². The summed E-state index contributed by atoms with van der Waals surface area (Å²) in [5, 5.41) is 0. The fourth-order valence-corrected chi connectivity index (χ4v) is 2.92. The van der Waals surface area contributed by atoms with Crippen molar-refractivity contribution in [3.8, 4) is 0 Å². The Bertz CT molecular complexity index is 414. The van der Waals surface area contributed by atoms with Crippen LogP contribution >= 0.6 is 11.8 Å². The van der Waals surface area contributed by atoms with Gasteiger partial charge < -0.3 is 16.4 Å². The number of para-hydroxylation sites is 1. The molecule has 0 aliphatic carbocycles. The summed E-state index contributed by atoms with van der Waals surface area (Å²) < 4.78 is 0. The number of carbonyl (C=O) groups excluding carboxylic acids is 1. The SMILES string of the molecule is NC(=O)c1cccc(N2CCCSCC2)c1N. The van der Waals surface area contributed by atoms with Crippen molar-refractivity contribution >= 4 is 29.0 Å². The second kappa shape index (κ2) is 5.31. The Morgan fingerprint density at radius 1 is 1.29 bits per heavy atom. The zero-order valence-electron chi connectivity index (χ0n) is 9.69. The summed E-state index contributed by atoms with van der Waals surface area (Å²) >= 11 is 1.96. The van der Waals surface area contributed by atoms with Crippen molar-refractivity contribution in [2.45, 2.75) is 6.42 Å². The van der Waals surface area contributed by atoms with Crippen LogP contribution in [0.25, 0.3) is 0 Å². The maximum atomic E-state index is 11.2. The van der Waals surface area contributed by atoms with Gasteiger partial charge in [0.2, 0.25) is 0 Å². The van der Waals surface area contributed by atoms with Gasteiger partial charge in [-0.15, -0.1) is 0 Å². The zero-order valence-corrected chi connectivity index (χ0v) is 10.5. The third-order valence-corrected chi connectivity index (χ3v) is 3.96. The third-order valence-electron chi connectivity index (χ3n) is 2.91. The van der Waals surface area contributed by atoms with Crippen LogP contribution in [0.5, 0.6) is 0 Å². The first-order valence-corrected chi connectivity index (χ1v) is 6.86. The molecule has 1 amide bonds. The van der Waals surface area contributed by atoms with E-state index in [1.807, 2.05) is 23.9 Å². The minimum atomic E-state index is -0.464. The summed E-state index contributed by atoms with van der Waals surface area (Å²) in [6.07, 6.45) is 1.14. The number of anilines is 2. The maximum Gasteiger partial charge on any atom is 0.250 e. The first-order chi connectivity index (χ1) is 8.20. The Morgan fingerprint density at radius 3 is 2.88 bits per heavy atom. The summed E-state index contributed by atoms with van der Waals surface area (Å²) in [4.78, 5) is 13.5. The van der Waals surface area contributed by atoms with Gasteiger partial charge in [-0.3, -0.25) is 4.79 Å². The monoisotopic (exact) mass is 251 g/mol. The smallest absolute Gasteiger partial charge is 0.250 e. The average Bonchev–Trinajstić information content (AvgIpc) is 2.57. The number of hydrogen-bond donors (Lipinski definition) is 2. The number of hydrogen-bond acceptors (Lipinski definition) is 4. The molecule has 1 fully saturated rings. The van der Waals surface area contributed by atoms with Gasteiger partial charge in [0.05, 0.1) is 16.9 Å². The normalized spacial score (nSPS) is 16.6. The Kier molecular flexibility index (Phi) is 3.78. The van der Waals surface area contributed by atoms with Crippen molar-refractivity contribution in [1.29, 1.82) is 0 Å². The number of thioether (sulfide) groups is 1. The van der Waals surface area contributed by atoms with Crippen molar-refractivity contribution in [3.63, 3.8) is 0 Å². The second-order valence-electron chi connectivity index (χ2n) is 4.06. The largest absolute Gasteiger partial charge is 0.396 e. The van der Waals surface area contributed by atoms with Crippen LogP contribution in [0.4, 0.5) is 11.4 Å². The van der Waals surface area contributed by atoms with E-state index in [0.29, 0.717) is 11.3 Å². The number of amides is 1. The highest BCUT2D eigenvalue weighted by Gasteiger charge is 2.16.